The minimum absolute atomic E-state index is 0.126. The van der Waals surface area contributed by atoms with E-state index in [-0.39, 0.29) is 12.3 Å². The summed E-state index contributed by atoms with van der Waals surface area (Å²) in [6.07, 6.45) is -0.587. The van der Waals surface area contributed by atoms with E-state index < -0.39 is 30.0 Å². The maximum Gasteiger partial charge on any atom is 0.573 e. The van der Waals surface area contributed by atoms with Gasteiger partial charge >= 0.3 is 12.3 Å². The van der Waals surface area contributed by atoms with Crippen molar-refractivity contribution in [1.29, 1.82) is 0 Å². The van der Waals surface area contributed by atoms with E-state index >= 15 is 0 Å². The molecular weight excluding hydrogens is 339 g/mol. The van der Waals surface area contributed by atoms with Gasteiger partial charge in [-0.05, 0) is 36.1 Å². The molecule has 8 heteroatoms. The van der Waals surface area contributed by atoms with E-state index in [1.807, 2.05) is 0 Å². The van der Waals surface area contributed by atoms with E-state index in [2.05, 4.69) is 4.74 Å². The highest BCUT2D eigenvalue weighted by molar-refractivity contribution is 6.05. The molecule has 3 rings (SSSR count). The first-order valence-corrected chi connectivity index (χ1v) is 8.18. The average Bonchev–Trinajstić information content (AvgIpc) is 3.09. The summed E-state index contributed by atoms with van der Waals surface area (Å²) < 4.78 is 40.9. The summed E-state index contributed by atoms with van der Waals surface area (Å²) in [5, 5.41) is 9.58. The highest BCUT2D eigenvalue weighted by Crippen LogP contribution is 2.38. The number of hydrogen-bond donors (Lipinski definition) is 1. The van der Waals surface area contributed by atoms with Crippen LogP contribution >= 0.6 is 0 Å². The molecule has 1 saturated carbocycles. The van der Waals surface area contributed by atoms with E-state index in [9.17, 15) is 27.9 Å². The lowest BCUT2D eigenvalue weighted by Crippen LogP contribution is -2.44. The molecule has 0 radical (unpaired) electrons. The quantitative estimate of drug-likeness (QED) is 0.876. The van der Waals surface area contributed by atoms with Gasteiger partial charge in [0.1, 0.15) is 11.8 Å². The van der Waals surface area contributed by atoms with Crippen LogP contribution in [0.15, 0.2) is 18.2 Å². The molecule has 25 heavy (non-hydrogen) atoms. The standard InChI is InChI=1S/C17H18F3NO4/c18-17(19,20)25-12-5-6-13-11(8-12)9-15(22)21(13)14(16(23)24)7-10-3-1-2-4-10/h5-6,8,10,14H,1-4,7,9H2,(H,23,24). The number of rotatable bonds is 5. The van der Waals surface area contributed by atoms with Gasteiger partial charge in [-0.3, -0.25) is 9.69 Å². The van der Waals surface area contributed by atoms with Crippen molar-refractivity contribution >= 4 is 17.6 Å². The van der Waals surface area contributed by atoms with Crippen LogP contribution in [0.1, 0.15) is 37.7 Å². The van der Waals surface area contributed by atoms with Crippen LogP contribution in [0, 0.1) is 5.92 Å². The largest absolute Gasteiger partial charge is 0.573 e. The SMILES string of the molecule is O=C(O)C(CC1CCCC1)N1C(=O)Cc2cc(OC(F)(F)F)ccc21. The Morgan fingerprint density at radius 1 is 1.32 bits per heavy atom. The van der Waals surface area contributed by atoms with Crippen molar-refractivity contribution in [2.24, 2.45) is 5.92 Å². The Morgan fingerprint density at radius 2 is 2.00 bits per heavy atom. The van der Waals surface area contributed by atoms with Gasteiger partial charge in [-0.2, -0.15) is 0 Å². The Bertz CT molecular complexity index is 683. The highest BCUT2D eigenvalue weighted by atomic mass is 19.4. The molecule has 1 atom stereocenters. The summed E-state index contributed by atoms with van der Waals surface area (Å²) in [6.45, 7) is 0. The minimum atomic E-state index is -4.82. The van der Waals surface area contributed by atoms with Crippen LogP contribution in [-0.4, -0.2) is 29.4 Å². The molecule has 0 saturated heterocycles. The minimum Gasteiger partial charge on any atom is -0.480 e. The number of halogens is 3. The molecule has 5 nitrogen and oxygen atoms in total. The Hall–Kier alpha value is -2.25. The van der Waals surface area contributed by atoms with Crippen LogP contribution in [0.3, 0.4) is 0 Å². The van der Waals surface area contributed by atoms with E-state index in [0.717, 1.165) is 37.8 Å². The number of carboxylic acid groups (broad SMARTS) is 1. The van der Waals surface area contributed by atoms with Crippen LogP contribution in [0.5, 0.6) is 5.75 Å². The van der Waals surface area contributed by atoms with Crippen molar-refractivity contribution in [3.05, 3.63) is 23.8 Å². The molecule has 1 N–H and O–H groups in total. The normalized spacial score (nSPS) is 19.2. The van der Waals surface area contributed by atoms with Gasteiger partial charge in [-0.25, -0.2) is 4.79 Å². The molecule has 2 aliphatic rings. The maximum absolute atomic E-state index is 12.3. The van der Waals surface area contributed by atoms with Gasteiger partial charge in [0.15, 0.2) is 0 Å². The molecule has 1 amide bonds. The lowest BCUT2D eigenvalue weighted by molar-refractivity contribution is -0.274. The van der Waals surface area contributed by atoms with Crippen molar-refractivity contribution in [2.75, 3.05) is 4.90 Å². The molecule has 1 aliphatic carbocycles. The summed E-state index contributed by atoms with van der Waals surface area (Å²) in [5.74, 6) is -1.66. The predicted molar refractivity (Wildman–Crippen MR) is 82.3 cm³/mol. The van der Waals surface area contributed by atoms with E-state index in [1.54, 1.807) is 0 Å². The number of carboxylic acids is 1. The Morgan fingerprint density at radius 3 is 2.60 bits per heavy atom. The predicted octanol–water partition coefficient (Wildman–Crippen LogP) is 3.51. The first kappa shape index (κ1) is 17.6. The zero-order valence-electron chi connectivity index (χ0n) is 13.4. The van der Waals surface area contributed by atoms with Gasteiger partial charge in [0.05, 0.1) is 6.42 Å². The molecular formula is C17H18F3NO4. The molecule has 1 fully saturated rings. The van der Waals surface area contributed by atoms with Crippen LogP contribution in [0.4, 0.5) is 18.9 Å². The summed E-state index contributed by atoms with van der Waals surface area (Å²) in [7, 11) is 0. The molecule has 1 unspecified atom stereocenters. The monoisotopic (exact) mass is 357 g/mol. The average molecular weight is 357 g/mol. The molecule has 1 aliphatic heterocycles. The van der Waals surface area contributed by atoms with Crippen molar-refractivity contribution in [3.63, 3.8) is 0 Å². The second-order valence-electron chi connectivity index (χ2n) is 6.52. The maximum atomic E-state index is 12.3. The van der Waals surface area contributed by atoms with Gasteiger partial charge in [-0.15, -0.1) is 13.2 Å². The first-order valence-electron chi connectivity index (χ1n) is 8.18. The van der Waals surface area contributed by atoms with Gasteiger partial charge < -0.3 is 9.84 Å². The number of carbonyl (C=O) groups excluding carboxylic acids is 1. The number of alkyl halides is 3. The van der Waals surface area contributed by atoms with Crippen LogP contribution in [-0.2, 0) is 16.0 Å². The number of aliphatic carboxylic acids is 1. The number of hydrogen-bond acceptors (Lipinski definition) is 3. The van der Waals surface area contributed by atoms with Crippen molar-refractivity contribution in [1.82, 2.24) is 0 Å². The summed E-state index contributed by atoms with van der Waals surface area (Å²) in [5.41, 5.74) is 0.703. The van der Waals surface area contributed by atoms with Gasteiger partial charge in [0.25, 0.3) is 0 Å². The van der Waals surface area contributed by atoms with Crippen molar-refractivity contribution in [3.8, 4) is 5.75 Å². The van der Waals surface area contributed by atoms with Gasteiger partial charge in [0.2, 0.25) is 5.91 Å². The number of fused-ring (bicyclic) bond motifs is 1. The topological polar surface area (TPSA) is 66.8 Å². The Kier molecular flexibility index (Phi) is 4.62. The van der Waals surface area contributed by atoms with Gasteiger partial charge in [-0.1, -0.05) is 25.7 Å². The van der Waals surface area contributed by atoms with E-state index in [4.69, 9.17) is 0 Å². The summed E-state index contributed by atoms with van der Waals surface area (Å²) >= 11 is 0. The van der Waals surface area contributed by atoms with E-state index in [0.29, 0.717) is 17.7 Å². The number of benzene rings is 1. The zero-order chi connectivity index (χ0) is 18.2. The third kappa shape index (κ3) is 3.88. The lowest BCUT2D eigenvalue weighted by atomic mass is 9.97. The molecule has 1 aromatic rings. The molecule has 0 aromatic heterocycles. The first-order chi connectivity index (χ1) is 11.7. The third-order valence-electron chi connectivity index (χ3n) is 4.78. The van der Waals surface area contributed by atoms with Crippen LogP contribution in [0.2, 0.25) is 0 Å². The molecule has 1 heterocycles. The van der Waals surface area contributed by atoms with Crippen LogP contribution in [0.25, 0.3) is 0 Å². The third-order valence-corrected chi connectivity index (χ3v) is 4.78. The fourth-order valence-electron chi connectivity index (χ4n) is 3.74. The number of ether oxygens (including phenoxy) is 1. The summed E-state index contributed by atoms with van der Waals surface area (Å²) in [4.78, 5) is 25.3. The fourth-order valence-corrected chi connectivity index (χ4v) is 3.74. The summed E-state index contributed by atoms with van der Waals surface area (Å²) in [6, 6.07) is 2.58. The second kappa shape index (κ2) is 6.57. The van der Waals surface area contributed by atoms with Crippen molar-refractivity contribution < 1.29 is 32.6 Å². The highest BCUT2D eigenvalue weighted by Gasteiger charge is 2.39. The molecule has 0 spiro atoms. The van der Waals surface area contributed by atoms with Gasteiger partial charge in [0, 0.05) is 5.69 Å². The Balaban J connectivity index is 1.85. The molecule has 136 valence electrons. The lowest BCUT2D eigenvalue weighted by Gasteiger charge is -2.27. The smallest absolute Gasteiger partial charge is 0.480 e. The second-order valence-corrected chi connectivity index (χ2v) is 6.52. The number of carbonyl (C=O) groups is 2. The number of amides is 1. The van der Waals surface area contributed by atoms with E-state index in [1.165, 1.54) is 11.0 Å². The number of nitrogens with zero attached hydrogens (tertiary/aromatic N) is 1. The Labute approximate surface area is 142 Å². The fraction of sp³-hybridized carbons (Fsp3) is 0.529. The molecule has 1 aromatic carbocycles. The molecule has 0 bridgehead atoms. The zero-order valence-corrected chi connectivity index (χ0v) is 13.4. The van der Waals surface area contributed by atoms with Crippen molar-refractivity contribution in [2.45, 2.75) is 50.9 Å². The van der Waals surface area contributed by atoms with Crippen LogP contribution < -0.4 is 9.64 Å². The number of anilines is 1.